The number of nitrogens with two attached hydrogens (primary N) is 1. The van der Waals surface area contributed by atoms with Crippen LogP contribution in [0.15, 0.2) is 0 Å². The maximum atomic E-state index is 8.97. The van der Waals surface area contributed by atoms with E-state index >= 15 is 0 Å². The molecule has 0 aromatic heterocycles. The highest BCUT2D eigenvalue weighted by Gasteiger charge is 1.81. The average molecular weight is 131 g/mol. The quantitative estimate of drug-likeness (QED) is 0.320. The maximum absolute atomic E-state index is 8.97. The molecule has 0 bridgehead atoms. The van der Waals surface area contributed by atoms with E-state index in [9.17, 15) is 0 Å². The summed E-state index contributed by atoms with van der Waals surface area (Å²) in [6.45, 7) is 0. The van der Waals surface area contributed by atoms with Crippen molar-refractivity contribution in [3.63, 3.8) is 0 Å². The van der Waals surface area contributed by atoms with Crippen molar-refractivity contribution in [2.24, 2.45) is 5.14 Å². The minimum absolute atomic E-state index is 0. The molecule has 0 fully saturated rings. The van der Waals surface area contributed by atoms with Crippen LogP contribution in [0, 0.1) is 0 Å². The summed E-state index contributed by atoms with van der Waals surface area (Å²) in [6, 6.07) is 0. The third kappa shape index (κ3) is 520. The van der Waals surface area contributed by atoms with Gasteiger partial charge in [0, 0.05) is 0 Å². The van der Waals surface area contributed by atoms with Gasteiger partial charge in [-0.2, -0.15) is 18.3 Å². The van der Waals surface area contributed by atoms with E-state index in [-0.39, 0.29) is 9.90 Å². The van der Waals surface area contributed by atoms with Crippen molar-refractivity contribution in [3.8, 4) is 0 Å². The normalized spacial score (nSPS) is 9.67. The first-order valence-corrected chi connectivity index (χ1v) is 2.25. The Morgan fingerprint density at radius 2 is 1.50 bits per heavy atom. The lowest BCUT2D eigenvalue weighted by Gasteiger charge is -1.70. The molecule has 0 radical (unpaired) electrons. The Bertz CT molecular complexity index is 94.0. The number of hydrogen-bond donors (Lipinski definition) is 2. The maximum Gasteiger partial charge on any atom is 0.330 e. The van der Waals surface area contributed by atoms with Crippen LogP contribution in [0.2, 0.25) is 0 Å². The molecule has 6 heavy (non-hydrogen) atoms. The lowest BCUT2D eigenvalue weighted by molar-refractivity contribution is 0.485. The van der Waals surface area contributed by atoms with Crippen molar-refractivity contribution in [2.45, 2.75) is 0 Å². The molecule has 0 aliphatic carbocycles. The molecule has 0 amide bonds. The summed E-state index contributed by atoms with van der Waals surface area (Å²) < 4.78 is 25.2. The van der Waals surface area contributed by atoms with Gasteiger partial charge in [0.25, 0.3) is 0 Å². The lowest BCUT2D eigenvalue weighted by atomic mass is 13.9. The first-order valence-electron chi connectivity index (χ1n) is 0.752. The molecule has 0 saturated heterocycles. The van der Waals surface area contributed by atoms with E-state index in [1.165, 1.54) is 0 Å². The van der Waals surface area contributed by atoms with E-state index in [1.807, 2.05) is 0 Å². The minimum atomic E-state index is -4.17. The average Bonchev–Trinajstić information content (AvgIpc) is 0.722. The van der Waals surface area contributed by atoms with Gasteiger partial charge in [-0.3, -0.25) is 4.55 Å². The predicted molar refractivity (Wildman–Crippen MR) is 26.8 cm³/mol. The molecule has 0 aliphatic heterocycles. The van der Waals surface area contributed by atoms with Gasteiger partial charge in [-0.25, -0.2) is 5.14 Å². The summed E-state index contributed by atoms with van der Waals surface area (Å²) in [5, 5.41) is 3.88. The molecular formula is H6NO3PS. The van der Waals surface area contributed by atoms with Gasteiger partial charge in [-0.05, 0) is 0 Å². The Labute approximate surface area is 39.2 Å². The summed E-state index contributed by atoms with van der Waals surface area (Å²) in [7, 11) is -4.17. The summed E-state index contributed by atoms with van der Waals surface area (Å²) in [5.74, 6) is 0. The summed E-state index contributed by atoms with van der Waals surface area (Å²) >= 11 is 0. The van der Waals surface area contributed by atoms with Crippen LogP contribution in [0.1, 0.15) is 0 Å². The second-order valence-electron chi connectivity index (χ2n) is 0.515. The van der Waals surface area contributed by atoms with Gasteiger partial charge in [0.15, 0.2) is 0 Å². The van der Waals surface area contributed by atoms with E-state index in [1.54, 1.807) is 0 Å². The van der Waals surface area contributed by atoms with Crippen LogP contribution in [0.3, 0.4) is 0 Å². The molecule has 0 spiro atoms. The Morgan fingerprint density at radius 1 is 1.50 bits per heavy atom. The fourth-order valence-corrected chi connectivity index (χ4v) is 0. The fraction of sp³-hybridized carbons (Fsp3) is 0. The summed E-state index contributed by atoms with van der Waals surface area (Å²) in [5.41, 5.74) is 0. The van der Waals surface area contributed by atoms with Gasteiger partial charge < -0.3 is 0 Å². The van der Waals surface area contributed by atoms with Gasteiger partial charge in [0.05, 0.1) is 0 Å². The van der Waals surface area contributed by atoms with Crippen molar-refractivity contribution < 1.29 is 13.0 Å². The molecule has 0 heterocycles. The highest BCUT2D eigenvalue weighted by Crippen LogP contribution is 1.50. The van der Waals surface area contributed by atoms with Crippen LogP contribution in [0.5, 0.6) is 0 Å². The first-order chi connectivity index (χ1) is 2.00. The standard InChI is InChI=1S/H3NO3S.H3P/c1-5(2,3)4;/h(H3,1,2,3,4);1H3. The molecule has 6 heteroatoms. The summed E-state index contributed by atoms with van der Waals surface area (Å²) in [4.78, 5) is 0. The molecule has 0 rings (SSSR count). The molecule has 0 aromatic rings. The zero-order valence-electron chi connectivity index (χ0n) is 2.96. The van der Waals surface area contributed by atoms with Crippen molar-refractivity contribution in [2.75, 3.05) is 0 Å². The predicted octanol–water partition coefficient (Wildman–Crippen LogP) is -1.19. The van der Waals surface area contributed by atoms with Crippen LogP contribution >= 0.6 is 9.90 Å². The van der Waals surface area contributed by atoms with E-state index in [0.29, 0.717) is 0 Å². The van der Waals surface area contributed by atoms with Gasteiger partial charge >= 0.3 is 10.3 Å². The Morgan fingerprint density at radius 3 is 1.50 bits per heavy atom. The Kier molecular flexibility index (Phi) is 3.94. The molecule has 0 aromatic carbocycles. The molecule has 1 atom stereocenters. The fourth-order valence-electron chi connectivity index (χ4n) is 0. The second-order valence-corrected chi connectivity index (χ2v) is 1.54. The van der Waals surface area contributed by atoms with E-state index < -0.39 is 10.3 Å². The first kappa shape index (κ1) is 9.57. The molecule has 4 nitrogen and oxygen atoms in total. The number of rotatable bonds is 0. The topological polar surface area (TPSA) is 80.4 Å². The molecule has 3 N–H and O–H groups in total. The highest BCUT2D eigenvalue weighted by molar-refractivity contribution is 7.83. The molecule has 0 saturated carbocycles. The summed E-state index contributed by atoms with van der Waals surface area (Å²) in [6.07, 6.45) is 0. The Hall–Kier alpha value is 0.300. The lowest BCUT2D eigenvalue weighted by Crippen LogP contribution is -2.08. The molecule has 40 valence electrons. The van der Waals surface area contributed by atoms with Crippen LogP contribution < -0.4 is 5.14 Å². The largest absolute Gasteiger partial charge is 0.330 e. The van der Waals surface area contributed by atoms with Crippen molar-refractivity contribution in [1.82, 2.24) is 0 Å². The molecule has 1 unspecified atom stereocenters. The van der Waals surface area contributed by atoms with Crippen molar-refractivity contribution >= 4 is 20.2 Å². The van der Waals surface area contributed by atoms with Gasteiger partial charge in [0.2, 0.25) is 0 Å². The van der Waals surface area contributed by atoms with Crippen LogP contribution in [0.25, 0.3) is 0 Å². The highest BCUT2D eigenvalue weighted by atomic mass is 32.2. The zero-order valence-corrected chi connectivity index (χ0v) is 5.19. The van der Waals surface area contributed by atoms with Crippen molar-refractivity contribution in [3.05, 3.63) is 0 Å². The zero-order chi connectivity index (χ0) is 4.50. The van der Waals surface area contributed by atoms with E-state index in [4.69, 9.17) is 13.0 Å². The SMILES string of the molecule is NS(=O)(=O)O.P. The Balaban J connectivity index is 0. The van der Waals surface area contributed by atoms with Crippen LogP contribution in [0.4, 0.5) is 0 Å². The third-order valence-corrected chi connectivity index (χ3v) is 0. The van der Waals surface area contributed by atoms with Gasteiger partial charge in [-0.15, -0.1) is 0 Å². The van der Waals surface area contributed by atoms with Crippen LogP contribution in [-0.2, 0) is 10.3 Å². The minimum Gasteiger partial charge on any atom is -0.274 e. The monoisotopic (exact) mass is 131 g/mol. The van der Waals surface area contributed by atoms with Crippen LogP contribution in [-0.4, -0.2) is 13.0 Å². The van der Waals surface area contributed by atoms with E-state index in [2.05, 4.69) is 5.14 Å². The van der Waals surface area contributed by atoms with Gasteiger partial charge in [-0.1, -0.05) is 0 Å². The van der Waals surface area contributed by atoms with Gasteiger partial charge in [0.1, 0.15) is 0 Å². The number of hydrogen-bond acceptors (Lipinski definition) is 2. The second kappa shape index (κ2) is 2.47. The smallest absolute Gasteiger partial charge is 0.274 e. The molecular weight excluding hydrogens is 125 g/mol. The third-order valence-electron chi connectivity index (χ3n) is 0. The molecule has 0 aliphatic rings. The van der Waals surface area contributed by atoms with E-state index in [0.717, 1.165) is 0 Å². The van der Waals surface area contributed by atoms with Crippen molar-refractivity contribution in [1.29, 1.82) is 0 Å².